The third-order valence-electron chi connectivity index (χ3n) is 5.97. The van der Waals surface area contributed by atoms with E-state index in [9.17, 15) is 14.9 Å². The van der Waals surface area contributed by atoms with Gasteiger partial charge in [0.05, 0.1) is 23.0 Å². The van der Waals surface area contributed by atoms with E-state index in [-0.39, 0.29) is 17.6 Å². The number of nitrogens with zero attached hydrogens (tertiary/aromatic N) is 5. The Balaban J connectivity index is 1.69. The molecule has 11 nitrogen and oxygen atoms in total. The van der Waals surface area contributed by atoms with Gasteiger partial charge in [0.15, 0.2) is 0 Å². The van der Waals surface area contributed by atoms with Crippen LogP contribution in [0.15, 0.2) is 36.7 Å². The molecule has 184 valence electrons. The summed E-state index contributed by atoms with van der Waals surface area (Å²) < 4.78 is 5.17. The summed E-state index contributed by atoms with van der Waals surface area (Å²) in [5.74, 6) is 0.752. The fourth-order valence-electron chi connectivity index (χ4n) is 4.17. The zero-order valence-electron chi connectivity index (χ0n) is 19.9. The summed E-state index contributed by atoms with van der Waals surface area (Å²) in [5.41, 5.74) is 1.98. The molecule has 0 aliphatic carbocycles. The molecular formula is C24H29N7O4. The largest absolute Gasteiger partial charge is 0.466 e. The summed E-state index contributed by atoms with van der Waals surface area (Å²) in [7, 11) is 0. The van der Waals surface area contributed by atoms with Crippen LogP contribution >= 0.6 is 0 Å². The number of hydrogen-bond donors (Lipinski definition) is 2. The summed E-state index contributed by atoms with van der Waals surface area (Å²) in [4.78, 5) is 39.0. The number of hydrogen-bond acceptors (Lipinski definition) is 10. The van der Waals surface area contributed by atoms with Gasteiger partial charge in [-0.15, -0.1) is 0 Å². The summed E-state index contributed by atoms with van der Waals surface area (Å²) in [6.07, 6.45) is 4.73. The van der Waals surface area contributed by atoms with Gasteiger partial charge in [-0.25, -0.2) is 4.98 Å². The van der Waals surface area contributed by atoms with Crippen molar-refractivity contribution in [2.24, 2.45) is 5.92 Å². The van der Waals surface area contributed by atoms with E-state index < -0.39 is 4.92 Å². The zero-order valence-corrected chi connectivity index (χ0v) is 19.9. The van der Waals surface area contributed by atoms with E-state index in [1.165, 1.54) is 6.07 Å². The van der Waals surface area contributed by atoms with E-state index in [1.54, 1.807) is 18.5 Å². The van der Waals surface area contributed by atoms with Gasteiger partial charge in [0.25, 0.3) is 5.69 Å². The van der Waals surface area contributed by atoms with Crippen LogP contribution in [-0.2, 0) is 16.1 Å². The molecule has 4 rings (SSSR count). The van der Waals surface area contributed by atoms with Crippen LogP contribution < -0.4 is 15.5 Å². The smallest absolute Gasteiger partial charge is 0.309 e. The maximum absolute atomic E-state index is 12.1. The lowest BCUT2D eigenvalue weighted by Crippen LogP contribution is -2.38. The second-order valence-corrected chi connectivity index (χ2v) is 8.27. The number of pyridine rings is 1. The standard InChI is InChI=1S/C24H29N7O4/c1-3-26-20-14-19-18(13-21(20)31(33)34)22(27-15-16-5-9-25-10-6-16)29-24(28-19)30-11-7-17(8-12-30)23(32)35-4-2/h5-6,9-10,13-14,17,26H,3-4,7-8,11-12,15H2,1-2H3,(H,27,28,29). The van der Waals surface area contributed by atoms with Gasteiger partial charge < -0.3 is 20.3 Å². The summed E-state index contributed by atoms with van der Waals surface area (Å²) in [6.45, 7) is 6.31. The molecule has 2 aromatic heterocycles. The average Bonchev–Trinajstić information content (AvgIpc) is 2.87. The van der Waals surface area contributed by atoms with Crippen molar-refractivity contribution in [2.45, 2.75) is 33.2 Å². The SMILES string of the molecule is CCNc1cc2nc(N3CCC(C(=O)OCC)CC3)nc(NCc3ccncc3)c2cc1[N+](=O)[O-]. The van der Waals surface area contributed by atoms with Crippen molar-refractivity contribution in [1.82, 2.24) is 15.0 Å². The lowest BCUT2D eigenvalue weighted by atomic mass is 9.97. The fraction of sp³-hybridized carbons (Fsp3) is 0.417. The van der Waals surface area contributed by atoms with E-state index in [4.69, 9.17) is 14.7 Å². The van der Waals surface area contributed by atoms with Crippen molar-refractivity contribution in [3.05, 3.63) is 52.3 Å². The Morgan fingerprint density at radius 1 is 1.17 bits per heavy atom. The van der Waals surface area contributed by atoms with Gasteiger partial charge in [0.1, 0.15) is 11.5 Å². The van der Waals surface area contributed by atoms with Crippen LogP contribution in [0, 0.1) is 16.0 Å². The Kier molecular flexibility index (Phi) is 7.54. The number of aromatic nitrogens is 3. The molecule has 3 aromatic rings. The molecule has 0 bridgehead atoms. The molecule has 1 aliphatic heterocycles. The Labute approximate surface area is 203 Å². The highest BCUT2D eigenvalue weighted by molar-refractivity contribution is 5.95. The van der Waals surface area contributed by atoms with Crippen LogP contribution in [0.2, 0.25) is 0 Å². The summed E-state index contributed by atoms with van der Waals surface area (Å²) in [6, 6.07) is 7.00. The second-order valence-electron chi connectivity index (χ2n) is 8.27. The normalized spacial score (nSPS) is 14.1. The minimum absolute atomic E-state index is 0.0297. The first-order chi connectivity index (χ1) is 17.0. The van der Waals surface area contributed by atoms with Gasteiger partial charge >= 0.3 is 5.97 Å². The molecule has 1 saturated heterocycles. The zero-order chi connectivity index (χ0) is 24.8. The molecule has 2 N–H and O–H groups in total. The van der Waals surface area contributed by atoms with Gasteiger partial charge in [-0.3, -0.25) is 19.9 Å². The molecule has 1 aliphatic rings. The first-order valence-electron chi connectivity index (χ1n) is 11.8. The van der Waals surface area contributed by atoms with Gasteiger partial charge in [-0.05, 0) is 50.5 Å². The number of esters is 1. The van der Waals surface area contributed by atoms with E-state index in [0.29, 0.717) is 74.0 Å². The van der Waals surface area contributed by atoms with Crippen LogP contribution in [0.5, 0.6) is 0 Å². The van der Waals surface area contributed by atoms with Crippen molar-refractivity contribution >= 4 is 40.0 Å². The van der Waals surface area contributed by atoms with Crippen LogP contribution in [0.4, 0.5) is 23.1 Å². The maximum Gasteiger partial charge on any atom is 0.309 e. The second kappa shape index (κ2) is 10.9. The third-order valence-corrected chi connectivity index (χ3v) is 5.97. The molecule has 0 atom stereocenters. The molecule has 0 spiro atoms. The van der Waals surface area contributed by atoms with Crippen LogP contribution in [0.25, 0.3) is 10.9 Å². The number of piperidine rings is 1. The molecule has 0 unspecified atom stereocenters. The lowest BCUT2D eigenvalue weighted by Gasteiger charge is -2.31. The topological polar surface area (TPSA) is 135 Å². The number of nitrogens with one attached hydrogen (secondary N) is 2. The Bertz CT molecular complexity index is 1200. The fourth-order valence-corrected chi connectivity index (χ4v) is 4.17. The van der Waals surface area contributed by atoms with Crippen molar-refractivity contribution in [3.8, 4) is 0 Å². The quantitative estimate of drug-likeness (QED) is 0.265. The van der Waals surface area contributed by atoms with Crippen LogP contribution in [0.1, 0.15) is 32.3 Å². The van der Waals surface area contributed by atoms with E-state index in [0.717, 1.165) is 5.56 Å². The number of carbonyl (C=O) groups excluding carboxylic acids is 1. The minimum Gasteiger partial charge on any atom is -0.466 e. The molecule has 35 heavy (non-hydrogen) atoms. The first kappa shape index (κ1) is 24.1. The Hall–Kier alpha value is -4.02. The Morgan fingerprint density at radius 3 is 2.57 bits per heavy atom. The van der Waals surface area contributed by atoms with Gasteiger partial charge in [-0.1, -0.05) is 0 Å². The predicted molar refractivity (Wildman–Crippen MR) is 133 cm³/mol. The van der Waals surface area contributed by atoms with Gasteiger partial charge in [0.2, 0.25) is 5.95 Å². The van der Waals surface area contributed by atoms with E-state index >= 15 is 0 Å². The van der Waals surface area contributed by atoms with Crippen molar-refractivity contribution in [3.63, 3.8) is 0 Å². The van der Waals surface area contributed by atoms with Crippen LogP contribution in [-0.4, -0.2) is 52.1 Å². The predicted octanol–water partition coefficient (Wildman–Crippen LogP) is 3.76. The number of ether oxygens (including phenoxy) is 1. The first-order valence-corrected chi connectivity index (χ1v) is 11.8. The third kappa shape index (κ3) is 5.56. The number of rotatable bonds is 9. The number of anilines is 3. The summed E-state index contributed by atoms with van der Waals surface area (Å²) in [5, 5.41) is 18.7. The maximum atomic E-state index is 12.1. The number of carbonyl (C=O) groups is 1. The van der Waals surface area contributed by atoms with Crippen molar-refractivity contribution in [2.75, 3.05) is 41.8 Å². The average molecular weight is 480 g/mol. The van der Waals surface area contributed by atoms with Crippen LogP contribution in [0.3, 0.4) is 0 Å². The molecule has 0 radical (unpaired) electrons. The monoisotopic (exact) mass is 479 g/mol. The molecule has 0 amide bonds. The van der Waals surface area contributed by atoms with Gasteiger partial charge in [-0.2, -0.15) is 4.98 Å². The molecule has 1 fully saturated rings. The van der Waals surface area contributed by atoms with Gasteiger partial charge in [0, 0.05) is 50.0 Å². The number of benzene rings is 1. The molecule has 11 heteroatoms. The number of fused-ring (bicyclic) bond motifs is 1. The highest BCUT2D eigenvalue weighted by Crippen LogP contribution is 2.34. The number of nitro groups is 1. The highest BCUT2D eigenvalue weighted by Gasteiger charge is 2.28. The van der Waals surface area contributed by atoms with Crippen molar-refractivity contribution < 1.29 is 14.5 Å². The highest BCUT2D eigenvalue weighted by atomic mass is 16.6. The molecule has 0 saturated carbocycles. The van der Waals surface area contributed by atoms with Crippen molar-refractivity contribution in [1.29, 1.82) is 0 Å². The lowest BCUT2D eigenvalue weighted by molar-refractivity contribution is -0.383. The molecule has 3 heterocycles. The molecule has 1 aromatic carbocycles. The van der Waals surface area contributed by atoms with E-state index in [2.05, 4.69) is 15.6 Å². The van der Waals surface area contributed by atoms with E-state index in [1.807, 2.05) is 30.9 Å². The number of nitro benzene ring substituents is 1. The Morgan fingerprint density at radius 2 is 1.91 bits per heavy atom. The minimum atomic E-state index is -0.405. The molecular weight excluding hydrogens is 450 g/mol. The summed E-state index contributed by atoms with van der Waals surface area (Å²) >= 11 is 0.